The van der Waals surface area contributed by atoms with Crippen molar-refractivity contribution in [3.05, 3.63) is 18.2 Å². The van der Waals surface area contributed by atoms with E-state index in [9.17, 15) is 0 Å². The van der Waals surface area contributed by atoms with Gasteiger partial charge in [0, 0.05) is 36.7 Å². The van der Waals surface area contributed by atoms with E-state index in [0.717, 1.165) is 31.0 Å². The van der Waals surface area contributed by atoms with Crippen molar-refractivity contribution in [3.8, 4) is 5.75 Å². The second-order valence-electron chi connectivity index (χ2n) is 3.76. The molecule has 0 saturated heterocycles. The number of ether oxygens (including phenoxy) is 2. The maximum Gasteiger partial charge on any atom is 0.123 e. The molecule has 0 aliphatic rings. The van der Waals surface area contributed by atoms with Crippen LogP contribution in [0.1, 0.15) is 20.3 Å². The van der Waals surface area contributed by atoms with Crippen LogP contribution in [0.3, 0.4) is 0 Å². The Kier molecular flexibility index (Phi) is 6.25. The highest BCUT2D eigenvalue weighted by Crippen LogP contribution is 2.22. The van der Waals surface area contributed by atoms with E-state index in [1.54, 1.807) is 0 Å². The molecule has 0 radical (unpaired) electrons. The molecule has 3 N–H and O–H groups in total. The summed E-state index contributed by atoms with van der Waals surface area (Å²) in [6, 6.07) is 5.69. The molecule has 0 spiro atoms. The van der Waals surface area contributed by atoms with Crippen molar-refractivity contribution < 1.29 is 9.47 Å². The number of nitrogen functional groups attached to an aromatic ring is 1. The van der Waals surface area contributed by atoms with Crippen LogP contribution in [0.15, 0.2) is 18.2 Å². The van der Waals surface area contributed by atoms with Crippen LogP contribution in [0.2, 0.25) is 0 Å². The molecule has 1 aromatic carbocycles. The summed E-state index contributed by atoms with van der Waals surface area (Å²) in [5.41, 5.74) is 7.48. The van der Waals surface area contributed by atoms with Gasteiger partial charge in [-0.3, -0.25) is 0 Å². The van der Waals surface area contributed by atoms with Crippen molar-refractivity contribution >= 4 is 11.4 Å². The lowest BCUT2D eigenvalue weighted by atomic mass is 10.2. The Hall–Kier alpha value is -1.42. The summed E-state index contributed by atoms with van der Waals surface area (Å²) in [4.78, 5) is 0. The number of nitrogens with two attached hydrogens (primary N) is 1. The highest BCUT2D eigenvalue weighted by atomic mass is 16.5. The molecular formula is C13H22N2O2. The summed E-state index contributed by atoms with van der Waals surface area (Å²) >= 11 is 0. The van der Waals surface area contributed by atoms with Crippen LogP contribution in [0.25, 0.3) is 0 Å². The zero-order chi connectivity index (χ0) is 12.5. The van der Waals surface area contributed by atoms with E-state index in [0.29, 0.717) is 18.9 Å². The van der Waals surface area contributed by atoms with Gasteiger partial charge in [0.1, 0.15) is 5.75 Å². The van der Waals surface area contributed by atoms with Gasteiger partial charge in [0.25, 0.3) is 0 Å². The van der Waals surface area contributed by atoms with E-state index in [1.807, 2.05) is 25.1 Å². The molecule has 96 valence electrons. The normalized spacial score (nSPS) is 10.2. The zero-order valence-electron chi connectivity index (χ0n) is 10.7. The minimum atomic E-state index is 0.691. The number of nitrogens with one attached hydrogen (secondary N) is 1. The van der Waals surface area contributed by atoms with Gasteiger partial charge in [-0.25, -0.2) is 0 Å². The molecule has 0 aromatic heterocycles. The van der Waals surface area contributed by atoms with Gasteiger partial charge in [-0.2, -0.15) is 0 Å². The Labute approximate surface area is 103 Å². The predicted octanol–water partition coefficient (Wildman–Crippen LogP) is 2.51. The third-order valence-corrected chi connectivity index (χ3v) is 2.18. The summed E-state index contributed by atoms with van der Waals surface area (Å²) in [5.74, 6) is 0.811. The van der Waals surface area contributed by atoms with Crippen molar-refractivity contribution in [2.45, 2.75) is 20.3 Å². The fraction of sp³-hybridized carbons (Fsp3) is 0.538. The second kappa shape index (κ2) is 7.79. The van der Waals surface area contributed by atoms with Gasteiger partial charge in [-0.1, -0.05) is 6.92 Å². The first-order chi connectivity index (χ1) is 8.26. The SMILES string of the molecule is CCCOc1cc(N)cc(NCCOCC)c1. The maximum atomic E-state index is 5.81. The minimum Gasteiger partial charge on any atom is -0.493 e. The summed E-state index contributed by atoms with van der Waals surface area (Å²) in [6.45, 7) is 6.97. The third kappa shape index (κ3) is 5.45. The predicted molar refractivity (Wildman–Crippen MR) is 71.6 cm³/mol. The maximum absolute atomic E-state index is 5.81. The molecule has 17 heavy (non-hydrogen) atoms. The Bertz CT molecular complexity index is 329. The summed E-state index contributed by atoms with van der Waals surface area (Å²) < 4.78 is 10.8. The molecule has 4 nitrogen and oxygen atoms in total. The quantitative estimate of drug-likeness (QED) is 0.539. The first kappa shape index (κ1) is 13.6. The Morgan fingerprint density at radius 3 is 2.71 bits per heavy atom. The van der Waals surface area contributed by atoms with E-state index in [4.69, 9.17) is 15.2 Å². The summed E-state index contributed by atoms with van der Waals surface area (Å²) in [6.07, 6.45) is 0.988. The second-order valence-corrected chi connectivity index (χ2v) is 3.76. The first-order valence-corrected chi connectivity index (χ1v) is 6.11. The van der Waals surface area contributed by atoms with Gasteiger partial charge in [0.2, 0.25) is 0 Å². The fourth-order valence-corrected chi connectivity index (χ4v) is 1.44. The largest absolute Gasteiger partial charge is 0.493 e. The highest BCUT2D eigenvalue weighted by Gasteiger charge is 1.99. The van der Waals surface area contributed by atoms with Gasteiger partial charge in [0.05, 0.1) is 13.2 Å². The van der Waals surface area contributed by atoms with E-state index < -0.39 is 0 Å². The van der Waals surface area contributed by atoms with Gasteiger partial charge in [-0.05, 0) is 19.4 Å². The molecule has 0 fully saturated rings. The number of rotatable bonds is 8. The molecule has 0 atom stereocenters. The Balaban J connectivity index is 2.50. The Morgan fingerprint density at radius 2 is 2.00 bits per heavy atom. The minimum absolute atomic E-state index is 0.691. The van der Waals surface area contributed by atoms with Crippen LogP contribution in [-0.2, 0) is 4.74 Å². The fourth-order valence-electron chi connectivity index (χ4n) is 1.44. The molecule has 0 amide bonds. The molecule has 0 heterocycles. The van der Waals surface area contributed by atoms with Gasteiger partial charge >= 0.3 is 0 Å². The molecule has 0 unspecified atom stereocenters. The molecule has 1 rings (SSSR count). The van der Waals surface area contributed by atoms with Crippen LogP contribution < -0.4 is 15.8 Å². The molecular weight excluding hydrogens is 216 g/mol. The average molecular weight is 238 g/mol. The number of benzene rings is 1. The molecule has 0 aliphatic heterocycles. The van der Waals surface area contributed by atoms with Gasteiger partial charge < -0.3 is 20.5 Å². The number of anilines is 2. The standard InChI is InChI=1S/C13H22N2O2/c1-3-6-17-13-9-11(14)8-12(10-13)15-5-7-16-4-2/h8-10,15H,3-7,14H2,1-2H3. The highest BCUT2D eigenvalue weighted by molar-refractivity contribution is 5.59. The van der Waals surface area contributed by atoms with Crippen LogP contribution >= 0.6 is 0 Å². The van der Waals surface area contributed by atoms with E-state index in [1.165, 1.54) is 0 Å². The van der Waals surface area contributed by atoms with Crippen molar-refractivity contribution in [2.75, 3.05) is 37.4 Å². The molecule has 1 aromatic rings. The number of hydrogen-bond acceptors (Lipinski definition) is 4. The lowest BCUT2D eigenvalue weighted by molar-refractivity contribution is 0.158. The third-order valence-electron chi connectivity index (χ3n) is 2.18. The topological polar surface area (TPSA) is 56.5 Å². The summed E-state index contributed by atoms with van der Waals surface area (Å²) in [7, 11) is 0. The van der Waals surface area contributed by atoms with Crippen LogP contribution in [-0.4, -0.2) is 26.4 Å². The van der Waals surface area contributed by atoms with Crippen LogP contribution in [0.5, 0.6) is 5.75 Å². The van der Waals surface area contributed by atoms with Crippen molar-refractivity contribution in [2.24, 2.45) is 0 Å². The van der Waals surface area contributed by atoms with E-state index in [-0.39, 0.29) is 0 Å². The monoisotopic (exact) mass is 238 g/mol. The molecule has 0 saturated carbocycles. The molecule has 0 aliphatic carbocycles. The zero-order valence-corrected chi connectivity index (χ0v) is 10.7. The van der Waals surface area contributed by atoms with Crippen molar-refractivity contribution in [1.82, 2.24) is 0 Å². The van der Waals surface area contributed by atoms with Gasteiger partial charge in [-0.15, -0.1) is 0 Å². The molecule has 4 heteroatoms. The Morgan fingerprint density at radius 1 is 1.18 bits per heavy atom. The first-order valence-electron chi connectivity index (χ1n) is 6.11. The van der Waals surface area contributed by atoms with Gasteiger partial charge in [0.15, 0.2) is 0 Å². The average Bonchev–Trinajstić information content (AvgIpc) is 2.31. The van der Waals surface area contributed by atoms with Crippen LogP contribution in [0, 0.1) is 0 Å². The lowest BCUT2D eigenvalue weighted by Crippen LogP contribution is -2.09. The number of hydrogen-bond donors (Lipinski definition) is 2. The van der Waals surface area contributed by atoms with E-state index in [2.05, 4.69) is 12.2 Å². The van der Waals surface area contributed by atoms with E-state index >= 15 is 0 Å². The molecule has 0 bridgehead atoms. The van der Waals surface area contributed by atoms with Crippen LogP contribution in [0.4, 0.5) is 11.4 Å². The lowest BCUT2D eigenvalue weighted by Gasteiger charge is -2.10. The summed E-state index contributed by atoms with van der Waals surface area (Å²) in [5, 5.41) is 3.25. The van der Waals surface area contributed by atoms with Crippen molar-refractivity contribution in [3.63, 3.8) is 0 Å². The smallest absolute Gasteiger partial charge is 0.123 e. The van der Waals surface area contributed by atoms with Crippen molar-refractivity contribution in [1.29, 1.82) is 0 Å².